The summed E-state index contributed by atoms with van der Waals surface area (Å²) in [6.07, 6.45) is 0.993. The minimum Gasteiger partial charge on any atom is -0.396 e. The van der Waals surface area contributed by atoms with Crippen LogP contribution in [0.4, 0.5) is 0 Å². The fourth-order valence-corrected chi connectivity index (χ4v) is 2.69. The molecule has 6 nitrogen and oxygen atoms in total. The molecule has 102 valence electrons. The van der Waals surface area contributed by atoms with Gasteiger partial charge < -0.3 is 10.0 Å². The standard InChI is InChI=1S/C10H22N2O4S/c1-4-8-17(15,16)11-9(2)10(14)12(3)6-5-7-13/h9,11,13H,4-8H2,1-3H3. The average molecular weight is 266 g/mol. The van der Waals surface area contributed by atoms with E-state index in [0.29, 0.717) is 19.4 Å². The van der Waals surface area contributed by atoms with Crippen LogP contribution in [0.5, 0.6) is 0 Å². The molecule has 2 N–H and O–H groups in total. The molecule has 0 aliphatic heterocycles. The number of amides is 1. The molecule has 0 saturated heterocycles. The SMILES string of the molecule is CCCS(=O)(=O)NC(C)C(=O)N(C)CCCO. The molecule has 0 rings (SSSR count). The number of hydrogen-bond acceptors (Lipinski definition) is 4. The molecule has 0 aromatic rings. The Kier molecular flexibility index (Phi) is 7.33. The van der Waals surface area contributed by atoms with Crippen LogP contribution in [0.15, 0.2) is 0 Å². The van der Waals surface area contributed by atoms with E-state index in [2.05, 4.69) is 4.72 Å². The number of hydrogen-bond donors (Lipinski definition) is 2. The summed E-state index contributed by atoms with van der Waals surface area (Å²) in [5, 5.41) is 8.64. The summed E-state index contributed by atoms with van der Waals surface area (Å²) in [6.45, 7) is 3.70. The number of nitrogens with one attached hydrogen (secondary N) is 1. The first kappa shape index (κ1) is 16.3. The second-order valence-corrected chi connectivity index (χ2v) is 5.87. The third-order valence-electron chi connectivity index (χ3n) is 2.23. The highest BCUT2D eigenvalue weighted by Crippen LogP contribution is 1.97. The third kappa shape index (κ3) is 6.60. The van der Waals surface area contributed by atoms with E-state index < -0.39 is 16.1 Å². The maximum Gasteiger partial charge on any atom is 0.240 e. The summed E-state index contributed by atoms with van der Waals surface area (Å²) in [6, 6.07) is -0.768. The van der Waals surface area contributed by atoms with E-state index in [-0.39, 0.29) is 18.3 Å². The van der Waals surface area contributed by atoms with Gasteiger partial charge in [0.25, 0.3) is 0 Å². The first-order valence-corrected chi connectivity index (χ1v) is 7.35. The summed E-state index contributed by atoms with van der Waals surface area (Å²) in [5.74, 6) is -0.275. The van der Waals surface area contributed by atoms with E-state index in [1.165, 1.54) is 11.8 Å². The molecule has 0 fully saturated rings. The van der Waals surface area contributed by atoms with Gasteiger partial charge >= 0.3 is 0 Å². The number of carbonyl (C=O) groups excluding carboxylic acids is 1. The predicted octanol–water partition coefficient (Wildman–Crippen LogP) is -0.455. The van der Waals surface area contributed by atoms with Crippen LogP contribution in [-0.2, 0) is 14.8 Å². The number of rotatable bonds is 8. The molecule has 0 saturated carbocycles. The molecule has 0 aliphatic carbocycles. The molecule has 17 heavy (non-hydrogen) atoms. The number of likely N-dealkylation sites (N-methyl/N-ethyl adjacent to an activating group) is 1. The summed E-state index contributed by atoms with van der Waals surface area (Å²) >= 11 is 0. The van der Waals surface area contributed by atoms with Crippen LogP contribution in [0.3, 0.4) is 0 Å². The van der Waals surface area contributed by atoms with E-state index in [1.807, 2.05) is 0 Å². The van der Waals surface area contributed by atoms with Gasteiger partial charge in [-0.25, -0.2) is 13.1 Å². The highest BCUT2D eigenvalue weighted by molar-refractivity contribution is 7.89. The lowest BCUT2D eigenvalue weighted by Crippen LogP contribution is -2.46. The lowest BCUT2D eigenvalue weighted by atomic mass is 10.3. The summed E-state index contributed by atoms with van der Waals surface area (Å²) < 4.78 is 25.3. The Morgan fingerprint density at radius 3 is 2.53 bits per heavy atom. The van der Waals surface area contributed by atoms with Crippen LogP contribution in [0.2, 0.25) is 0 Å². The number of aliphatic hydroxyl groups excluding tert-OH is 1. The Morgan fingerprint density at radius 2 is 2.06 bits per heavy atom. The van der Waals surface area contributed by atoms with Crippen LogP contribution in [-0.4, -0.2) is 56.3 Å². The Balaban J connectivity index is 4.31. The van der Waals surface area contributed by atoms with Crippen LogP contribution >= 0.6 is 0 Å². The molecule has 1 amide bonds. The zero-order chi connectivity index (χ0) is 13.5. The molecular formula is C10H22N2O4S. The third-order valence-corrected chi connectivity index (χ3v) is 3.89. The second kappa shape index (κ2) is 7.62. The van der Waals surface area contributed by atoms with Crippen molar-refractivity contribution in [2.75, 3.05) is 26.0 Å². The van der Waals surface area contributed by atoms with E-state index in [9.17, 15) is 13.2 Å². The Labute approximate surface area is 103 Å². The topological polar surface area (TPSA) is 86.7 Å². The zero-order valence-corrected chi connectivity index (χ0v) is 11.5. The zero-order valence-electron chi connectivity index (χ0n) is 10.6. The minimum atomic E-state index is -3.38. The van der Waals surface area contributed by atoms with Crippen molar-refractivity contribution in [1.82, 2.24) is 9.62 Å². The fraction of sp³-hybridized carbons (Fsp3) is 0.900. The summed E-state index contributed by atoms with van der Waals surface area (Å²) in [7, 11) is -1.79. The van der Waals surface area contributed by atoms with Crippen molar-refractivity contribution in [1.29, 1.82) is 0 Å². The number of nitrogens with zero attached hydrogens (tertiary/aromatic N) is 1. The van der Waals surface area contributed by atoms with Crippen LogP contribution in [0.1, 0.15) is 26.7 Å². The molecule has 0 heterocycles. The Morgan fingerprint density at radius 1 is 1.47 bits per heavy atom. The van der Waals surface area contributed by atoms with Crippen molar-refractivity contribution in [3.8, 4) is 0 Å². The van der Waals surface area contributed by atoms with Crippen molar-refractivity contribution in [2.24, 2.45) is 0 Å². The van der Waals surface area contributed by atoms with Gasteiger partial charge in [0.05, 0.1) is 11.8 Å². The number of sulfonamides is 1. The van der Waals surface area contributed by atoms with Crippen LogP contribution in [0, 0.1) is 0 Å². The van der Waals surface area contributed by atoms with Crippen molar-refractivity contribution in [3.05, 3.63) is 0 Å². The van der Waals surface area contributed by atoms with E-state index in [1.54, 1.807) is 14.0 Å². The molecule has 0 aromatic heterocycles. The van der Waals surface area contributed by atoms with Gasteiger partial charge in [-0.3, -0.25) is 4.79 Å². The van der Waals surface area contributed by atoms with E-state index in [4.69, 9.17) is 5.11 Å². The molecule has 0 aliphatic rings. The van der Waals surface area contributed by atoms with Crippen molar-refractivity contribution in [2.45, 2.75) is 32.7 Å². The quantitative estimate of drug-likeness (QED) is 0.623. The largest absolute Gasteiger partial charge is 0.396 e. The summed E-state index contributed by atoms with van der Waals surface area (Å²) in [4.78, 5) is 13.2. The normalized spacial score (nSPS) is 13.4. The molecular weight excluding hydrogens is 244 g/mol. The molecule has 7 heteroatoms. The number of carbonyl (C=O) groups is 1. The van der Waals surface area contributed by atoms with Crippen molar-refractivity contribution in [3.63, 3.8) is 0 Å². The lowest BCUT2D eigenvalue weighted by molar-refractivity contribution is -0.131. The maximum atomic E-state index is 11.7. The molecule has 1 atom stereocenters. The fourth-order valence-electron chi connectivity index (χ4n) is 1.40. The predicted molar refractivity (Wildman–Crippen MR) is 66.0 cm³/mol. The summed E-state index contributed by atoms with van der Waals surface area (Å²) in [5.41, 5.74) is 0. The molecule has 1 unspecified atom stereocenters. The van der Waals surface area contributed by atoms with Crippen molar-refractivity contribution < 1.29 is 18.3 Å². The first-order valence-electron chi connectivity index (χ1n) is 5.70. The maximum absolute atomic E-state index is 11.7. The Bertz CT molecular complexity index is 329. The van der Waals surface area contributed by atoms with Gasteiger partial charge in [-0.05, 0) is 19.8 Å². The van der Waals surface area contributed by atoms with Gasteiger partial charge in [0.1, 0.15) is 0 Å². The average Bonchev–Trinajstić information content (AvgIpc) is 2.23. The molecule has 0 spiro atoms. The van der Waals surface area contributed by atoms with E-state index >= 15 is 0 Å². The molecule has 0 aromatic carbocycles. The highest BCUT2D eigenvalue weighted by Gasteiger charge is 2.21. The van der Waals surface area contributed by atoms with Gasteiger partial charge in [-0.2, -0.15) is 0 Å². The highest BCUT2D eigenvalue weighted by atomic mass is 32.2. The second-order valence-electron chi connectivity index (χ2n) is 4.00. The van der Waals surface area contributed by atoms with Gasteiger partial charge in [-0.1, -0.05) is 6.92 Å². The van der Waals surface area contributed by atoms with Gasteiger partial charge in [0, 0.05) is 20.2 Å². The Hall–Kier alpha value is -0.660. The van der Waals surface area contributed by atoms with Gasteiger partial charge in [0.2, 0.25) is 15.9 Å². The van der Waals surface area contributed by atoms with Crippen LogP contribution < -0.4 is 4.72 Å². The first-order chi connectivity index (χ1) is 7.84. The van der Waals surface area contributed by atoms with Gasteiger partial charge in [-0.15, -0.1) is 0 Å². The monoisotopic (exact) mass is 266 g/mol. The van der Waals surface area contributed by atoms with Crippen molar-refractivity contribution >= 4 is 15.9 Å². The van der Waals surface area contributed by atoms with Gasteiger partial charge in [0.15, 0.2) is 0 Å². The smallest absolute Gasteiger partial charge is 0.240 e. The lowest BCUT2D eigenvalue weighted by Gasteiger charge is -2.21. The number of aliphatic hydroxyl groups is 1. The minimum absolute atomic E-state index is 0.00750. The van der Waals surface area contributed by atoms with E-state index in [0.717, 1.165) is 0 Å². The molecule has 0 bridgehead atoms. The molecule has 0 radical (unpaired) electrons. The van der Waals surface area contributed by atoms with Crippen LogP contribution in [0.25, 0.3) is 0 Å².